The Morgan fingerprint density at radius 2 is 2.00 bits per heavy atom. The summed E-state index contributed by atoms with van der Waals surface area (Å²) >= 11 is 0. The summed E-state index contributed by atoms with van der Waals surface area (Å²) in [6, 6.07) is 0.314. The molecule has 1 unspecified atom stereocenters. The standard InChI is InChI=1S/C9H8N4O4/c1-9(4-10-7(16)12-6(9)15)13-3-2-5(14)11-8(13)17/h2-4H,1H3,(H,11,14,17)(H,12,15,16). The van der Waals surface area contributed by atoms with E-state index < -0.39 is 28.7 Å². The van der Waals surface area contributed by atoms with Gasteiger partial charge in [0.15, 0.2) is 5.54 Å². The molecule has 0 spiro atoms. The SMILES string of the molecule is CC1(n2ccc(=O)[nH]c2=O)C=NC(=O)NC1=O. The predicted octanol–water partition coefficient (Wildman–Crippen LogP) is -1.43. The van der Waals surface area contributed by atoms with Crippen molar-refractivity contribution < 1.29 is 9.59 Å². The number of carbonyl (C=O) groups is 2. The number of nitrogens with one attached hydrogen (secondary N) is 2. The van der Waals surface area contributed by atoms with Gasteiger partial charge in [-0.05, 0) is 6.92 Å². The van der Waals surface area contributed by atoms with E-state index in [1.54, 1.807) is 0 Å². The number of amides is 3. The third-order valence-electron chi connectivity index (χ3n) is 2.44. The van der Waals surface area contributed by atoms with Gasteiger partial charge in [0, 0.05) is 18.5 Å². The Hall–Kier alpha value is -2.51. The van der Waals surface area contributed by atoms with Crippen LogP contribution in [0, 0.1) is 0 Å². The number of H-pyrrole nitrogens is 1. The predicted molar refractivity (Wildman–Crippen MR) is 57.0 cm³/mol. The van der Waals surface area contributed by atoms with Crippen LogP contribution >= 0.6 is 0 Å². The summed E-state index contributed by atoms with van der Waals surface area (Å²) in [6.07, 6.45) is 2.23. The lowest BCUT2D eigenvalue weighted by atomic mass is 10.0. The quantitative estimate of drug-likeness (QED) is 0.622. The van der Waals surface area contributed by atoms with Crippen LogP contribution in [0.25, 0.3) is 0 Å². The minimum atomic E-state index is -1.44. The van der Waals surface area contributed by atoms with Crippen LogP contribution in [-0.4, -0.2) is 27.7 Å². The van der Waals surface area contributed by atoms with Crippen LogP contribution in [-0.2, 0) is 10.3 Å². The van der Waals surface area contributed by atoms with Crippen LogP contribution in [0.4, 0.5) is 4.79 Å². The zero-order valence-corrected chi connectivity index (χ0v) is 8.76. The van der Waals surface area contributed by atoms with Crippen molar-refractivity contribution in [3.8, 4) is 0 Å². The van der Waals surface area contributed by atoms with E-state index in [0.29, 0.717) is 0 Å². The van der Waals surface area contributed by atoms with Gasteiger partial charge in [-0.25, -0.2) is 14.6 Å². The van der Waals surface area contributed by atoms with E-state index in [1.807, 2.05) is 10.3 Å². The third kappa shape index (κ3) is 1.69. The van der Waals surface area contributed by atoms with Crippen molar-refractivity contribution >= 4 is 18.2 Å². The lowest BCUT2D eigenvalue weighted by Gasteiger charge is -2.27. The van der Waals surface area contributed by atoms with Crippen LogP contribution in [0.5, 0.6) is 0 Å². The highest BCUT2D eigenvalue weighted by Crippen LogP contribution is 2.13. The number of aliphatic imine (C=N–C) groups is 1. The molecule has 0 aromatic carbocycles. The molecule has 1 aromatic heterocycles. The Morgan fingerprint density at radius 3 is 2.59 bits per heavy atom. The van der Waals surface area contributed by atoms with Crippen LogP contribution in [0.1, 0.15) is 6.92 Å². The van der Waals surface area contributed by atoms with Crippen molar-refractivity contribution in [3.05, 3.63) is 33.1 Å². The third-order valence-corrected chi connectivity index (χ3v) is 2.44. The highest BCUT2D eigenvalue weighted by Gasteiger charge is 2.38. The molecule has 2 rings (SSSR count). The van der Waals surface area contributed by atoms with Crippen molar-refractivity contribution in [2.24, 2.45) is 4.99 Å². The molecule has 8 heteroatoms. The van der Waals surface area contributed by atoms with Gasteiger partial charge in [0.05, 0.1) is 0 Å². The minimum absolute atomic E-state index is 0.570. The summed E-state index contributed by atoms with van der Waals surface area (Å²) in [4.78, 5) is 50.4. The molecule has 3 amide bonds. The monoisotopic (exact) mass is 236 g/mol. The molecule has 2 heterocycles. The van der Waals surface area contributed by atoms with Gasteiger partial charge in [-0.3, -0.25) is 24.5 Å². The first-order chi connectivity index (χ1) is 7.93. The molecule has 8 nitrogen and oxygen atoms in total. The molecular formula is C9H8N4O4. The second-order valence-electron chi connectivity index (χ2n) is 3.65. The number of aromatic nitrogens is 2. The molecule has 2 N–H and O–H groups in total. The summed E-state index contributed by atoms with van der Waals surface area (Å²) in [7, 11) is 0. The number of nitrogens with zero attached hydrogens (tertiary/aromatic N) is 2. The van der Waals surface area contributed by atoms with Gasteiger partial charge in [0.2, 0.25) is 0 Å². The highest BCUT2D eigenvalue weighted by atomic mass is 16.2. The van der Waals surface area contributed by atoms with Gasteiger partial charge >= 0.3 is 11.7 Å². The zero-order valence-electron chi connectivity index (χ0n) is 8.76. The summed E-state index contributed by atoms with van der Waals surface area (Å²) in [5, 5.41) is 1.98. The maximum absolute atomic E-state index is 11.7. The van der Waals surface area contributed by atoms with Crippen molar-refractivity contribution in [3.63, 3.8) is 0 Å². The summed E-state index contributed by atoms with van der Waals surface area (Å²) in [5.74, 6) is -0.688. The number of carbonyl (C=O) groups excluding carboxylic acids is 2. The summed E-state index contributed by atoms with van der Waals surface area (Å²) in [5.41, 5.74) is -2.76. The molecule has 1 aliphatic heterocycles. The Labute approximate surface area is 94.0 Å². The van der Waals surface area contributed by atoms with Crippen LogP contribution in [0.3, 0.4) is 0 Å². The lowest BCUT2D eigenvalue weighted by molar-refractivity contribution is -0.125. The normalized spacial score (nSPS) is 23.6. The molecular weight excluding hydrogens is 228 g/mol. The van der Waals surface area contributed by atoms with Gasteiger partial charge in [0.1, 0.15) is 0 Å². The van der Waals surface area contributed by atoms with Gasteiger partial charge < -0.3 is 0 Å². The Morgan fingerprint density at radius 1 is 1.29 bits per heavy atom. The van der Waals surface area contributed by atoms with E-state index in [1.165, 1.54) is 13.1 Å². The second kappa shape index (κ2) is 3.51. The molecule has 1 aliphatic rings. The van der Waals surface area contributed by atoms with E-state index >= 15 is 0 Å². The number of rotatable bonds is 1. The Balaban J connectivity index is 2.63. The van der Waals surface area contributed by atoms with Gasteiger partial charge in [0.25, 0.3) is 11.5 Å². The summed E-state index contributed by atoms with van der Waals surface area (Å²) in [6.45, 7) is 1.40. The topological polar surface area (TPSA) is 113 Å². The summed E-state index contributed by atoms with van der Waals surface area (Å²) < 4.78 is 0.986. The molecule has 0 bridgehead atoms. The maximum Gasteiger partial charge on any atom is 0.347 e. The molecule has 0 saturated heterocycles. The molecule has 0 radical (unpaired) electrons. The number of hydrogen-bond donors (Lipinski definition) is 2. The lowest BCUT2D eigenvalue weighted by Crippen LogP contribution is -2.56. The smallest absolute Gasteiger partial charge is 0.281 e. The average molecular weight is 236 g/mol. The van der Waals surface area contributed by atoms with Crippen molar-refractivity contribution in [1.82, 2.24) is 14.9 Å². The molecule has 88 valence electrons. The number of imide groups is 1. The Bertz CT molecular complexity index is 641. The Kier molecular flexibility index (Phi) is 2.27. The van der Waals surface area contributed by atoms with E-state index in [2.05, 4.69) is 4.99 Å². The number of hydrogen-bond acceptors (Lipinski definition) is 4. The van der Waals surface area contributed by atoms with Crippen molar-refractivity contribution in [1.29, 1.82) is 0 Å². The molecule has 0 saturated carbocycles. The average Bonchev–Trinajstić information content (AvgIpc) is 2.24. The molecule has 0 aliphatic carbocycles. The number of urea groups is 1. The van der Waals surface area contributed by atoms with E-state index in [0.717, 1.165) is 16.8 Å². The van der Waals surface area contributed by atoms with Crippen LogP contribution in [0.15, 0.2) is 26.8 Å². The van der Waals surface area contributed by atoms with E-state index in [9.17, 15) is 19.2 Å². The molecule has 1 atom stereocenters. The zero-order chi connectivity index (χ0) is 12.6. The van der Waals surface area contributed by atoms with Gasteiger partial charge in [-0.15, -0.1) is 0 Å². The molecule has 1 aromatic rings. The first-order valence-electron chi connectivity index (χ1n) is 4.66. The van der Waals surface area contributed by atoms with E-state index in [4.69, 9.17) is 0 Å². The van der Waals surface area contributed by atoms with Gasteiger partial charge in [-0.1, -0.05) is 0 Å². The fourth-order valence-electron chi connectivity index (χ4n) is 1.45. The largest absolute Gasteiger partial charge is 0.347 e. The molecule has 17 heavy (non-hydrogen) atoms. The van der Waals surface area contributed by atoms with Crippen molar-refractivity contribution in [2.45, 2.75) is 12.5 Å². The fraction of sp³-hybridized carbons (Fsp3) is 0.222. The maximum atomic E-state index is 11.7. The minimum Gasteiger partial charge on any atom is -0.281 e. The van der Waals surface area contributed by atoms with E-state index in [-0.39, 0.29) is 0 Å². The number of aromatic amines is 1. The van der Waals surface area contributed by atoms with Crippen LogP contribution in [0.2, 0.25) is 0 Å². The molecule has 0 fully saturated rings. The van der Waals surface area contributed by atoms with Crippen LogP contribution < -0.4 is 16.6 Å². The first kappa shape index (κ1) is 11.0. The first-order valence-corrected chi connectivity index (χ1v) is 4.66. The van der Waals surface area contributed by atoms with Crippen molar-refractivity contribution in [2.75, 3.05) is 0 Å². The van der Waals surface area contributed by atoms with Gasteiger partial charge in [-0.2, -0.15) is 0 Å². The highest BCUT2D eigenvalue weighted by molar-refractivity contribution is 6.13. The fourth-order valence-corrected chi connectivity index (χ4v) is 1.45. The second-order valence-corrected chi connectivity index (χ2v) is 3.65.